The number of hydrogen-bond donors (Lipinski definition) is 0. The number of rotatable bonds is 2. The Morgan fingerprint density at radius 1 is 1.31 bits per heavy atom. The molecule has 1 rings (SSSR count). The standard InChI is InChI=1S/C11H20N2/c1-11(2,3)10(8-12)9-13-6-4-5-7-13/h10H,4-7,9H2,1-3H3. The summed E-state index contributed by atoms with van der Waals surface area (Å²) in [6, 6.07) is 2.43. The zero-order valence-corrected chi connectivity index (χ0v) is 9.01. The highest BCUT2D eigenvalue weighted by Gasteiger charge is 2.27. The molecule has 1 unspecified atom stereocenters. The van der Waals surface area contributed by atoms with Crippen LogP contribution in [0.2, 0.25) is 0 Å². The Bertz CT molecular complexity index is 191. The molecule has 0 bridgehead atoms. The van der Waals surface area contributed by atoms with Gasteiger partial charge in [0.2, 0.25) is 0 Å². The van der Waals surface area contributed by atoms with Crippen molar-refractivity contribution in [2.45, 2.75) is 33.6 Å². The molecule has 0 amide bonds. The fourth-order valence-corrected chi connectivity index (χ4v) is 1.73. The Balaban J connectivity index is 2.45. The summed E-state index contributed by atoms with van der Waals surface area (Å²) < 4.78 is 0. The summed E-state index contributed by atoms with van der Waals surface area (Å²) in [5.74, 6) is 0.172. The van der Waals surface area contributed by atoms with E-state index in [0.717, 1.165) is 6.54 Å². The average Bonchev–Trinajstić information content (AvgIpc) is 2.49. The largest absolute Gasteiger partial charge is 0.302 e. The molecule has 0 aromatic heterocycles. The first kappa shape index (κ1) is 10.5. The van der Waals surface area contributed by atoms with Crippen LogP contribution in [0.25, 0.3) is 0 Å². The molecule has 1 heterocycles. The second-order valence-electron chi connectivity index (χ2n) is 5.06. The topological polar surface area (TPSA) is 27.0 Å². The SMILES string of the molecule is CC(C)(C)C(C#N)CN1CCCC1. The van der Waals surface area contributed by atoms with Crippen LogP contribution in [0, 0.1) is 22.7 Å². The lowest BCUT2D eigenvalue weighted by atomic mass is 9.81. The first-order valence-corrected chi connectivity index (χ1v) is 5.16. The van der Waals surface area contributed by atoms with E-state index in [4.69, 9.17) is 5.26 Å². The maximum Gasteiger partial charge on any atom is 0.0674 e. The van der Waals surface area contributed by atoms with Crippen LogP contribution in [-0.2, 0) is 0 Å². The molecule has 0 spiro atoms. The highest BCUT2D eigenvalue weighted by atomic mass is 15.1. The smallest absolute Gasteiger partial charge is 0.0674 e. The Morgan fingerprint density at radius 3 is 2.23 bits per heavy atom. The minimum atomic E-state index is 0.122. The number of likely N-dealkylation sites (tertiary alicyclic amines) is 1. The Hall–Kier alpha value is -0.550. The molecule has 2 nitrogen and oxygen atoms in total. The molecular weight excluding hydrogens is 160 g/mol. The molecule has 0 aromatic carbocycles. The minimum Gasteiger partial charge on any atom is -0.302 e. The molecule has 1 saturated heterocycles. The first-order chi connectivity index (χ1) is 6.04. The minimum absolute atomic E-state index is 0.122. The Morgan fingerprint density at radius 2 is 1.85 bits per heavy atom. The molecule has 0 aromatic rings. The van der Waals surface area contributed by atoms with E-state index >= 15 is 0 Å². The second kappa shape index (κ2) is 4.11. The summed E-state index contributed by atoms with van der Waals surface area (Å²) in [7, 11) is 0. The predicted octanol–water partition coefficient (Wildman–Crippen LogP) is 2.27. The van der Waals surface area contributed by atoms with Gasteiger partial charge in [-0.05, 0) is 31.3 Å². The molecule has 13 heavy (non-hydrogen) atoms. The van der Waals surface area contributed by atoms with Crippen LogP contribution in [0.4, 0.5) is 0 Å². The van der Waals surface area contributed by atoms with E-state index in [0.29, 0.717) is 0 Å². The molecule has 0 radical (unpaired) electrons. The Kier molecular flexibility index (Phi) is 3.33. The van der Waals surface area contributed by atoms with Gasteiger partial charge >= 0.3 is 0 Å². The van der Waals surface area contributed by atoms with Gasteiger partial charge in [-0.1, -0.05) is 20.8 Å². The third kappa shape index (κ3) is 3.00. The molecule has 1 fully saturated rings. The molecule has 2 heteroatoms. The highest BCUT2D eigenvalue weighted by Crippen LogP contribution is 2.26. The van der Waals surface area contributed by atoms with Crippen LogP contribution in [-0.4, -0.2) is 24.5 Å². The van der Waals surface area contributed by atoms with E-state index in [-0.39, 0.29) is 11.3 Å². The quantitative estimate of drug-likeness (QED) is 0.652. The summed E-state index contributed by atoms with van der Waals surface area (Å²) in [4.78, 5) is 2.42. The number of hydrogen-bond acceptors (Lipinski definition) is 2. The van der Waals surface area contributed by atoms with Gasteiger partial charge in [-0.3, -0.25) is 0 Å². The summed E-state index contributed by atoms with van der Waals surface area (Å²) in [5, 5.41) is 9.05. The van der Waals surface area contributed by atoms with E-state index in [9.17, 15) is 0 Å². The number of nitriles is 1. The third-order valence-corrected chi connectivity index (χ3v) is 2.84. The maximum absolute atomic E-state index is 9.05. The third-order valence-electron chi connectivity index (χ3n) is 2.84. The van der Waals surface area contributed by atoms with Crippen LogP contribution < -0.4 is 0 Å². The highest BCUT2D eigenvalue weighted by molar-refractivity contribution is 4.93. The molecule has 74 valence electrons. The van der Waals surface area contributed by atoms with E-state index in [2.05, 4.69) is 31.7 Å². The van der Waals surface area contributed by atoms with Gasteiger partial charge in [0.25, 0.3) is 0 Å². The maximum atomic E-state index is 9.05. The lowest BCUT2D eigenvalue weighted by Crippen LogP contribution is -2.32. The van der Waals surface area contributed by atoms with Crippen molar-refractivity contribution in [3.05, 3.63) is 0 Å². The van der Waals surface area contributed by atoms with Gasteiger partial charge in [0, 0.05) is 6.54 Å². The summed E-state index contributed by atoms with van der Waals surface area (Å²) in [5.41, 5.74) is 0.122. The normalized spacial score (nSPS) is 21.4. The van der Waals surface area contributed by atoms with Gasteiger partial charge in [0.05, 0.1) is 12.0 Å². The van der Waals surface area contributed by atoms with E-state index < -0.39 is 0 Å². The van der Waals surface area contributed by atoms with Crippen molar-refractivity contribution < 1.29 is 0 Å². The van der Waals surface area contributed by atoms with Crippen LogP contribution in [0.3, 0.4) is 0 Å². The molecule has 1 aliphatic rings. The van der Waals surface area contributed by atoms with Crippen LogP contribution in [0.5, 0.6) is 0 Å². The van der Waals surface area contributed by atoms with Crippen LogP contribution in [0.15, 0.2) is 0 Å². The molecule has 0 aliphatic carbocycles. The molecule has 1 aliphatic heterocycles. The fraction of sp³-hybridized carbons (Fsp3) is 0.909. The van der Waals surface area contributed by atoms with Crippen molar-refractivity contribution in [1.29, 1.82) is 5.26 Å². The lowest BCUT2D eigenvalue weighted by Gasteiger charge is -2.28. The van der Waals surface area contributed by atoms with Crippen molar-refractivity contribution in [2.75, 3.05) is 19.6 Å². The second-order valence-corrected chi connectivity index (χ2v) is 5.06. The van der Waals surface area contributed by atoms with Crippen LogP contribution >= 0.6 is 0 Å². The van der Waals surface area contributed by atoms with E-state index in [1.165, 1.54) is 25.9 Å². The lowest BCUT2D eigenvalue weighted by molar-refractivity contribution is 0.211. The van der Waals surface area contributed by atoms with Gasteiger partial charge in [0.1, 0.15) is 0 Å². The van der Waals surface area contributed by atoms with Crippen molar-refractivity contribution >= 4 is 0 Å². The van der Waals surface area contributed by atoms with Gasteiger partial charge in [-0.25, -0.2) is 0 Å². The molecule has 0 saturated carbocycles. The molecule has 0 N–H and O–H groups in total. The van der Waals surface area contributed by atoms with Crippen molar-refractivity contribution in [3.63, 3.8) is 0 Å². The van der Waals surface area contributed by atoms with Gasteiger partial charge < -0.3 is 4.90 Å². The average molecular weight is 180 g/mol. The summed E-state index contributed by atoms with van der Waals surface area (Å²) >= 11 is 0. The monoisotopic (exact) mass is 180 g/mol. The van der Waals surface area contributed by atoms with Crippen LogP contribution in [0.1, 0.15) is 33.6 Å². The van der Waals surface area contributed by atoms with Gasteiger partial charge in [-0.2, -0.15) is 5.26 Å². The Labute approximate surface area is 81.5 Å². The predicted molar refractivity (Wildman–Crippen MR) is 54.2 cm³/mol. The zero-order chi connectivity index (χ0) is 9.90. The molecule has 1 atom stereocenters. The summed E-state index contributed by atoms with van der Waals surface area (Å²) in [6.45, 7) is 9.79. The van der Waals surface area contributed by atoms with Crippen molar-refractivity contribution in [3.8, 4) is 6.07 Å². The van der Waals surface area contributed by atoms with E-state index in [1.54, 1.807) is 0 Å². The molecular formula is C11H20N2. The zero-order valence-electron chi connectivity index (χ0n) is 9.01. The number of nitrogens with zero attached hydrogens (tertiary/aromatic N) is 2. The van der Waals surface area contributed by atoms with Crippen molar-refractivity contribution in [1.82, 2.24) is 4.90 Å². The van der Waals surface area contributed by atoms with E-state index in [1.807, 2.05) is 0 Å². The fourth-order valence-electron chi connectivity index (χ4n) is 1.73. The first-order valence-electron chi connectivity index (χ1n) is 5.16. The van der Waals surface area contributed by atoms with Gasteiger partial charge in [0.15, 0.2) is 0 Å². The summed E-state index contributed by atoms with van der Waals surface area (Å²) in [6.07, 6.45) is 2.62. The van der Waals surface area contributed by atoms with Gasteiger partial charge in [-0.15, -0.1) is 0 Å². The van der Waals surface area contributed by atoms with Crippen molar-refractivity contribution in [2.24, 2.45) is 11.3 Å².